The van der Waals surface area contributed by atoms with Crippen molar-refractivity contribution in [3.63, 3.8) is 0 Å². The van der Waals surface area contributed by atoms with E-state index in [1.807, 2.05) is 0 Å². The summed E-state index contributed by atoms with van der Waals surface area (Å²) >= 11 is 3.20. The molecule has 3 rings (SSSR count). The molecule has 0 radical (unpaired) electrons. The van der Waals surface area contributed by atoms with Gasteiger partial charge in [-0.3, -0.25) is 9.59 Å². The molecule has 0 aromatic heterocycles. The summed E-state index contributed by atoms with van der Waals surface area (Å²) in [6.07, 6.45) is 1.34. The fourth-order valence-corrected chi connectivity index (χ4v) is 3.11. The number of nitrogens with zero attached hydrogens (tertiary/aromatic N) is 1. The molecule has 0 saturated carbocycles. The summed E-state index contributed by atoms with van der Waals surface area (Å²) in [5.41, 5.74) is 1.18. The fraction of sp³-hybridized carbons (Fsp3) is 0.211. The molecule has 0 bridgehead atoms. The number of amides is 2. The van der Waals surface area contributed by atoms with Gasteiger partial charge in [-0.1, -0.05) is 22.0 Å². The highest BCUT2D eigenvalue weighted by molar-refractivity contribution is 9.10. The second-order valence-electron chi connectivity index (χ2n) is 5.99. The first-order valence-electron chi connectivity index (χ1n) is 8.30. The minimum absolute atomic E-state index is 0.0354. The highest BCUT2D eigenvalue weighted by Gasteiger charge is 2.22. The summed E-state index contributed by atoms with van der Waals surface area (Å²) in [6, 6.07) is 11.3. The molecule has 8 heteroatoms. The van der Waals surface area contributed by atoms with Crippen molar-refractivity contribution in [1.29, 1.82) is 0 Å². The Bertz CT molecular complexity index is 899. The molecule has 1 saturated heterocycles. The van der Waals surface area contributed by atoms with Crippen LogP contribution in [0.15, 0.2) is 46.9 Å². The molecule has 0 unspecified atom stereocenters. The average Bonchev–Trinajstić information content (AvgIpc) is 3.08. The zero-order valence-electron chi connectivity index (χ0n) is 14.3. The molecule has 0 aliphatic carbocycles. The fourth-order valence-electron chi connectivity index (χ4n) is 2.75. The Morgan fingerprint density at radius 2 is 2.04 bits per heavy atom. The number of anilines is 2. The molecular formula is C19H17BrN2O5. The molecule has 1 fully saturated rings. The number of esters is 1. The SMILES string of the molecule is O=C(COC(=O)c1cc(Br)ccc1O)Nc1cccc(N2CCCC2=O)c1. The number of phenolic OH excluding ortho intramolecular Hbond substituents is 1. The Morgan fingerprint density at radius 1 is 1.22 bits per heavy atom. The molecule has 2 aromatic rings. The van der Waals surface area contributed by atoms with E-state index in [2.05, 4.69) is 21.2 Å². The number of carbonyl (C=O) groups excluding carboxylic acids is 3. The monoisotopic (exact) mass is 432 g/mol. The highest BCUT2D eigenvalue weighted by Crippen LogP contribution is 2.25. The molecule has 27 heavy (non-hydrogen) atoms. The summed E-state index contributed by atoms with van der Waals surface area (Å²) in [7, 11) is 0. The Hall–Kier alpha value is -2.87. The van der Waals surface area contributed by atoms with Crippen LogP contribution in [0, 0.1) is 0 Å². The van der Waals surface area contributed by atoms with Crippen LogP contribution >= 0.6 is 15.9 Å². The molecule has 2 aromatic carbocycles. The van der Waals surface area contributed by atoms with E-state index in [0.29, 0.717) is 28.8 Å². The van der Waals surface area contributed by atoms with Crippen LogP contribution in [0.5, 0.6) is 5.75 Å². The van der Waals surface area contributed by atoms with Gasteiger partial charge in [-0.25, -0.2) is 4.79 Å². The van der Waals surface area contributed by atoms with E-state index < -0.39 is 18.5 Å². The van der Waals surface area contributed by atoms with Crippen LogP contribution in [0.25, 0.3) is 0 Å². The summed E-state index contributed by atoms with van der Waals surface area (Å²) in [6.45, 7) is 0.154. The number of halogens is 1. The number of hydrogen-bond acceptors (Lipinski definition) is 5. The van der Waals surface area contributed by atoms with Crippen molar-refractivity contribution in [2.75, 3.05) is 23.4 Å². The molecule has 0 atom stereocenters. The van der Waals surface area contributed by atoms with Crippen molar-refractivity contribution in [2.24, 2.45) is 0 Å². The summed E-state index contributed by atoms with van der Waals surface area (Å²) in [4.78, 5) is 37.6. The molecular weight excluding hydrogens is 416 g/mol. The van der Waals surface area contributed by atoms with Gasteiger partial charge in [0, 0.05) is 28.8 Å². The smallest absolute Gasteiger partial charge is 0.342 e. The lowest BCUT2D eigenvalue weighted by atomic mass is 10.2. The van der Waals surface area contributed by atoms with Crippen molar-refractivity contribution in [2.45, 2.75) is 12.8 Å². The number of rotatable bonds is 5. The molecule has 7 nitrogen and oxygen atoms in total. The van der Waals surface area contributed by atoms with E-state index in [-0.39, 0.29) is 17.2 Å². The molecule has 1 aliphatic rings. The normalized spacial score (nSPS) is 13.5. The molecule has 1 aliphatic heterocycles. The quantitative estimate of drug-likeness (QED) is 0.707. The first kappa shape index (κ1) is 18.9. The van der Waals surface area contributed by atoms with Gasteiger partial charge < -0.3 is 20.1 Å². The molecule has 0 spiro atoms. The van der Waals surface area contributed by atoms with E-state index in [0.717, 1.165) is 6.42 Å². The number of aromatic hydroxyl groups is 1. The largest absolute Gasteiger partial charge is 0.507 e. The van der Waals surface area contributed by atoms with Crippen LogP contribution in [-0.4, -0.2) is 36.0 Å². The first-order valence-corrected chi connectivity index (χ1v) is 9.09. The van der Waals surface area contributed by atoms with Crippen molar-refractivity contribution >= 4 is 45.1 Å². The van der Waals surface area contributed by atoms with Crippen LogP contribution in [0.1, 0.15) is 23.2 Å². The lowest BCUT2D eigenvalue weighted by Gasteiger charge is -2.16. The van der Waals surface area contributed by atoms with Gasteiger partial charge in [0.25, 0.3) is 5.91 Å². The van der Waals surface area contributed by atoms with Crippen LogP contribution < -0.4 is 10.2 Å². The van der Waals surface area contributed by atoms with Crippen LogP contribution in [0.2, 0.25) is 0 Å². The minimum atomic E-state index is -0.805. The number of nitrogens with one attached hydrogen (secondary N) is 1. The van der Waals surface area contributed by atoms with Gasteiger partial charge in [0.15, 0.2) is 6.61 Å². The number of hydrogen-bond donors (Lipinski definition) is 2. The van der Waals surface area contributed by atoms with Gasteiger partial charge in [0.1, 0.15) is 11.3 Å². The number of phenols is 1. The van der Waals surface area contributed by atoms with Crippen molar-refractivity contribution in [3.05, 3.63) is 52.5 Å². The second-order valence-corrected chi connectivity index (χ2v) is 6.90. The lowest BCUT2D eigenvalue weighted by Crippen LogP contribution is -2.24. The Labute approximate surface area is 164 Å². The third-order valence-corrected chi connectivity index (χ3v) is 4.52. The summed E-state index contributed by atoms with van der Waals surface area (Å²) in [5, 5.41) is 12.3. The molecule has 2 amide bonds. The van der Waals surface area contributed by atoms with E-state index in [4.69, 9.17) is 4.74 Å². The zero-order valence-corrected chi connectivity index (χ0v) is 15.9. The average molecular weight is 433 g/mol. The van der Waals surface area contributed by atoms with Gasteiger partial charge in [0.05, 0.1) is 0 Å². The first-order chi connectivity index (χ1) is 12.9. The number of ether oxygens (including phenoxy) is 1. The third kappa shape index (κ3) is 4.65. The Kier molecular flexibility index (Phi) is 5.75. The number of benzene rings is 2. The minimum Gasteiger partial charge on any atom is -0.507 e. The van der Waals surface area contributed by atoms with Gasteiger partial charge in [-0.2, -0.15) is 0 Å². The standard InChI is InChI=1S/C19H17BrN2O5/c20-12-6-7-16(23)15(9-12)19(26)27-11-17(24)21-13-3-1-4-14(10-13)22-8-2-5-18(22)25/h1,3-4,6-7,9-10,23H,2,5,8,11H2,(H,21,24). The van der Waals surface area contributed by atoms with Crippen molar-refractivity contribution in [3.8, 4) is 5.75 Å². The van der Waals surface area contributed by atoms with Gasteiger partial charge >= 0.3 is 5.97 Å². The molecule has 2 N–H and O–H groups in total. The van der Waals surface area contributed by atoms with E-state index in [1.165, 1.54) is 12.1 Å². The maximum atomic E-state index is 12.1. The maximum absolute atomic E-state index is 12.1. The summed E-state index contributed by atoms with van der Waals surface area (Å²) < 4.78 is 5.55. The predicted octanol–water partition coefficient (Wildman–Crippen LogP) is 3.08. The predicted molar refractivity (Wildman–Crippen MR) is 103 cm³/mol. The van der Waals surface area contributed by atoms with E-state index >= 15 is 0 Å². The lowest BCUT2D eigenvalue weighted by molar-refractivity contribution is -0.119. The third-order valence-electron chi connectivity index (χ3n) is 4.03. The van der Waals surface area contributed by atoms with Crippen molar-refractivity contribution < 1.29 is 24.2 Å². The van der Waals surface area contributed by atoms with E-state index in [1.54, 1.807) is 35.2 Å². The highest BCUT2D eigenvalue weighted by atomic mass is 79.9. The Balaban J connectivity index is 1.59. The summed E-state index contributed by atoms with van der Waals surface area (Å²) in [5.74, 6) is -1.50. The van der Waals surface area contributed by atoms with Gasteiger partial charge in [0.2, 0.25) is 5.91 Å². The van der Waals surface area contributed by atoms with Crippen LogP contribution in [-0.2, 0) is 14.3 Å². The molecule has 1 heterocycles. The van der Waals surface area contributed by atoms with Crippen molar-refractivity contribution in [1.82, 2.24) is 0 Å². The van der Waals surface area contributed by atoms with Gasteiger partial charge in [-0.15, -0.1) is 0 Å². The van der Waals surface area contributed by atoms with E-state index in [9.17, 15) is 19.5 Å². The van der Waals surface area contributed by atoms with Crippen LogP contribution in [0.3, 0.4) is 0 Å². The van der Waals surface area contributed by atoms with Crippen LogP contribution in [0.4, 0.5) is 11.4 Å². The second kappa shape index (κ2) is 8.22. The molecule has 140 valence electrons. The Morgan fingerprint density at radius 3 is 2.78 bits per heavy atom. The van der Waals surface area contributed by atoms with Gasteiger partial charge in [-0.05, 0) is 42.8 Å². The number of carbonyl (C=O) groups is 3. The topological polar surface area (TPSA) is 95.9 Å². The zero-order chi connectivity index (χ0) is 19.4. The maximum Gasteiger partial charge on any atom is 0.342 e.